The average Bonchev–Trinajstić information content (AvgIpc) is 2.94. The summed E-state index contributed by atoms with van der Waals surface area (Å²) in [6.45, 7) is 0. The molecule has 0 bridgehead atoms. The van der Waals surface area contributed by atoms with Gasteiger partial charge >= 0.3 is 0 Å². The molecule has 0 aromatic heterocycles. The number of aromatic hydroxyl groups is 1. The Morgan fingerprint density at radius 3 is 2.29 bits per heavy atom. The zero-order chi connectivity index (χ0) is 14.2. The summed E-state index contributed by atoms with van der Waals surface area (Å²) in [6.07, 6.45) is 3.97. The van der Waals surface area contributed by atoms with Crippen LogP contribution in [-0.4, -0.2) is 11.3 Å². The molecule has 1 aliphatic rings. The predicted octanol–water partition coefficient (Wildman–Crippen LogP) is 4.39. The van der Waals surface area contributed by atoms with E-state index < -0.39 is 0 Å². The molecule has 0 spiro atoms. The summed E-state index contributed by atoms with van der Waals surface area (Å²) >= 11 is 0. The van der Waals surface area contributed by atoms with E-state index in [2.05, 4.69) is 17.1 Å². The number of aryl methyl sites for hydroxylation is 2. The highest BCUT2D eigenvalue weighted by molar-refractivity contribution is 6.06. The number of nitrogens with zero attached hydrogens (tertiary/aromatic N) is 1. The molecule has 0 aliphatic heterocycles. The van der Waals surface area contributed by atoms with E-state index in [1.54, 1.807) is 6.07 Å². The molecule has 0 unspecified atom stereocenters. The topological polar surface area (TPSA) is 32.6 Å². The Balaban J connectivity index is 1.89. The van der Waals surface area contributed by atoms with E-state index in [4.69, 9.17) is 0 Å². The normalized spacial score (nSPS) is 13.3. The first kappa shape index (κ1) is 12.2. The number of rotatable bonds is 2. The fourth-order valence-corrected chi connectivity index (χ4v) is 3.10. The minimum absolute atomic E-state index is 0.340. The Hall–Kier alpha value is -2.61. The lowest BCUT2D eigenvalue weighted by Gasteiger charge is -2.07. The van der Waals surface area contributed by atoms with Crippen LogP contribution in [0.25, 0.3) is 10.8 Å². The van der Waals surface area contributed by atoms with Crippen molar-refractivity contribution < 1.29 is 5.11 Å². The van der Waals surface area contributed by atoms with E-state index in [1.807, 2.05) is 42.6 Å². The van der Waals surface area contributed by atoms with Gasteiger partial charge in [-0.15, -0.1) is 0 Å². The molecule has 2 nitrogen and oxygen atoms in total. The van der Waals surface area contributed by atoms with E-state index in [-0.39, 0.29) is 0 Å². The van der Waals surface area contributed by atoms with Gasteiger partial charge < -0.3 is 5.11 Å². The van der Waals surface area contributed by atoms with Gasteiger partial charge in [0.25, 0.3) is 0 Å². The first-order valence-electron chi connectivity index (χ1n) is 7.18. The Morgan fingerprint density at radius 2 is 1.52 bits per heavy atom. The summed E-state index contributed by atoms with van der Waals surface area (Å²) in [5.41, 5.74) is 4.54. The van der Waals surface area contributed by atoms with Crippen molar-refractivity contribution in [1.82, 2.24) is 0 Å². The fourth-order valence-electron chi connectivity index (χ4n) is 3.10. The zero-order valence-electron chi connectivity index (χ0n) is 11.6. The Bertz CT molecular complexity index is 840. The largest absolute Gasteiger partial charge is 0.507 e. The molecule has 0 saturated heterocycles. The van der Waals surface area contributed by atoms with E-state index in [9.17, 15) is 5.11 Å². The SMILES string of the molecule is Oc1ccc2c3c(ccc(C=Nc4ccccc4)c13)CC2. The first-order valence-corrected chi connectivity index (χ1v) is 7.18. The number of phenols is 1. The average molecular weight is 273 g/mol. The minimum atomic E-state index is 0.340. The van der Waals surface area contributed by atoms with Gasteiger partial charge in [-0.25, -0.2) is 0 Å². The van der Waals surface area contributed by atoms with Crippen molar-refractivity contribution in [3.05, 3.63) is 71.3 Å². The maximum atomic E-state index is 10.3. The quantitative estimate of drug-likeness (QED) is 0.690. The van der Waals surface area contributed by atoms with Crippen molar-refractivity contribution in [3.8, 4) is 5.75 Å². The molecule has 4 rings (SSSR count). The lowest BCUT2D eigenvalue weighted by molar-refractivity contribution is 0.481. The van der Waals surface area contributed by atoms with Crippen molar-refractivity contribution in [2.75, 3.05) is 0 Å². The van der Waals surface area contributed by atoms with Crippen LogP contribution in [0.4, 0.5) is 5.69 Å². The number of phenolic OH excluding ortho intramolecular Hbond substituents is 1. The molecular formula is C19H15NO. The highest BCUT2D eigenvalue weighted by Crippen LogP contribution is 2.37. The van der Waals surface area contributed by atoms with Gasteiger partial charge in [-0.2, -0.15) is 0 Å². The van der Waals surface area contributed by atoms with Crippen molar-refractivity contribution in [2.24, 2.45) is 4.99 Å². The van der Waals surface area contributed by atoms with Crippen LogP contribution in [0.5, 0.6) is 5.75 Å². The monoisotopic (exact) mass is 273 g/mol. The van der Waals surface area contributed by atoms with Gasteiger partial charge in [0.2, 0.25) is 0 Å². The van der Waals surface area contributed by atoms with Gasteiger partial charge in [0.1, 0.15) is 5.75 Å². The highest BCUT2D eigenvalue weighted by Gasteiger charge is 2.17. The molecule has 0 radical (unpaired) electrons. The molecule has 3 aromatic carbocycles. The van der Waals surface area contributed by atoms with Crippen molar-refractivity contribution in [3.63, 3.8) is 0 Å². The Morgan fingerprint density at radius 1 is 0.810 bits per heavy atom. The molecule has 21 heavy (non-hydrogen) atoms. The van der Waals surface area contributed by atoms with E-state index in [0.717, 1.165) is 29.5 Å². The summed E-state index contributed by atoms with van der Waals surface area (Å²) < 4.78 is 0. The van der Waals surface area contributed by atoms with Gasteiger partial charge in [0, 0.05) is 17.2 Å². The summed E-state index contributed by atoms with van der Waals surface area (Å²) in [6, 6.07) is 17.9. The number of hydrogen-bond donors (Lipinski definition) is 1. The van der Waals surface area contributed by atoms with Crippen molar-refractivity contribution in [2.45, 2.75) is 12.8 Å². The van der Waals surface area contributed by atoms with Crippen LogP contribution in [0.1, 0.15) is 16.7 Å². The van der Waals surface area contributed by atoms with Crippen LogP contribution in [-0.2, 0) is 12.8 Å². The lowest BCUT2D eigenvalue weighted by Crippen LogP contribution is -1.88. The lowest BCUT2D eigenvalue weighted by atomic mass is 9.99. The summed E-state index contributed by atoms with van der Waals surface area (Å²) in [7, 11) is 0. The molecule has 0 saturated carbocycles. The third-order valence-corrected chi connectivity index (χ3v) is 4.12. The smallest absolute Gasteiger partial charge is 0.124 e. The summed E-state index contributed by atoms with van der Waals surface area (Å²) in [5, 5.41) is 12.4. The minimum Gasteiger partial charge on any atom is -0.507 e. The number of para-hydroxylation sites is 1. The molecule has 3 aromatic rings. The van der Waals surface area contributed by atoms with Gasteiger partial charge in [0.15, 0.2) is 0 Å². The second kappa shape index (κ2) is 4.74. The molecule has 0 fully saturated rings. The van der Waals surface area contributed by atoms with E-state index in [0.29, 0.717) is 5.75 Å². The highest BCUT2D eigenvalue weighted by atomic mass is 16.3. The summed E-state index contributed by atoms with van der Waals surface area (Å²) in [4.78, 5) is 4.51. The van der Waals surface area contributed by atoms with Gasteiger partial charge in [-0.3, -0.25) is 4.99 Å². The molecule has 0 atom stereocenters. The number of benzene rings is 3. The predicted molar refractivity (Wildman–Crippen MR) is 86.7 cm³/mol. The zero-order valence-corrected chi connectivity index (χ0v) is 11.6. The standard InChI is InChI=1S/C19H15NO/c21-17-11-10-14-7-6-13-8-9-15(19(17)18(13)14)12-20-16-4-2-1-3-5-16/h1-5,8-12,21H,6-7H2. The molecular weight excluding hydrogens is 258 g/mol. The van der Waals surface area contributed by atoms with Crippen molar-refractivity contribution in [1.29, 1.82) is 0 Å². The maximum absolute atomic E-state index is 10.3. The molecule has 1 N–H and O–H groups in total. The molecule has 102 valence electrons. The van der Waals surface area contributed by atoms with Crippen LogP contribution in [0, 0.1) is 0 Å². The Kier molecular flexibility index (Phi) is 2.74. The number of aliphatic imine (C=N–C) groups is 1. The number of hydrogen-bond acceptors (Lipinski definition) is 2. The Labute approximate surface area is 123 Å². The second-order valence-electron chi connectivity index (χ2n) is 5.40. The first-order chi connectivity index (χ1) is 10.3. The molecule has 1 aliphatic carbocycles. The summed E-state index contributed by atoms with van der Waals surface area (Å²) in [5.74, 6) is 0.340. The van der Waals surface area contributed by atoms with E-state index >= 15 is 0 Å². The third kappa shape index (κ3) is 2.00. The second-order valence-corrected chi connectivity index (χ2v) is 5.40. The van der Waals surface area contributed by atoms with Crippen molar-refractivity contribution >= 4 is 22.7 Å². The van der Waals surface area contributed by atoms with Crippen LogP contribution < -0.4 is 0 Å². The third-order valence-electron chi connectivity index (χ3n) is 4.12. The van der Waals surface area contributed by atoms with Crippen LogP contribution in [0.2, 0.25) is 0 Å². The van der Waals surface area contributed by atoms with E-state index in [1.165, 1.54) is 16.5 Å². The van der Waals surface area contributed by atoms with Gasteiger partial charge in [-0.05, 0) is 47.6 Å². The fraction of sp³-hybridized carbons (Fsp3) is 0.105. The molecule has 0 heterocycles. The molecule has 2 heteroatoms. The van der Waals surface area contributed by atoms with Gasteiger partial charge in [-0.1, -0.05) is 36.4 Å². The van der Waals surface area contributed by atoms with Gasteiger partial charge in [0.05, 0.1) is 5.69 Å². The molecule has 0 amide bonds. The van der Waals surface area contributed by atoms with Crippen LogP contribution >= 0.6 is 0 Å². The maximum Gasteiger partial charge on any atom is 0.124 e. The van der Waals surface area contributed by atoms with Crippen LogP contribution in [0.15, 0.2) is 59.6 Å². The van der Waals surface area contributed by atoms with Crippen LogP contribution in [0.3, 0.4) is 0 Å².